The van der Waals surface area contributed by atoms with E-state index in [4.69, 9.17) is 4.74 Å². The first-order chi connectivity index (χ1) is 17.9. The summed E-state index contributed by atoms with van der Waals surface area (Å²) in [6.45, 7) is 7.11. The molecule has 7 nitrogen and oxygen atoms in total. The molecule has 2 aromatic carbocycles. The number of hydrogen-bond donors (Lipinski definition) is 1. The van der Waals surface area contributed by atoms with E-state index in [0.717, 1.165) is 45.6 Å². The largest absolute Gasteiger partial charge is 0.496 e. The number of pyridine rings is 1. The van der Waals surface area contributed by atoms with Crippen molar-refractivity contribution in [1.29, 1.82) is 0 Å². The topological polar surface area (TPSA) is 84.4 Å². The van der Waals surface area contributed by atoms with E-state index in [0.29, 0.717) is 30.2 Å². The highest BCUT2D eigenvalue weighted by Crippen LogP contribution is 2.32. The third kappa shape index (κ3) is 5.11. The fourth-order valence-corrected chi connectivity index (χ4v) is 5.61. The van der Waals surface area contributed by atoms with Crippen LogP contribution in [-0.2, 0) is 0 Å². The van der Waals surface area contributed by atoms with Crippen LogP contribution in [0.5, 0.6) is 5.75 Å². The molecule has 3 heterocycles. The summed E-state index contributed by atoms with van der Waals surface area (Å²) in [4.78, 5) is 37.2. The molecule has 2 aromatic heterocycles. The molecule has 0 radical (unpaired) electrons. The minimum Gasteiger partial charge on any atom is -0.496 e. The summed E-state index contributed by atoms with van der Waals surface area (Å²) in [5.41, 5.74) is 4.04. The number of para-hydroxylation sites is 2. The molecule has 188 valence electrons. The number of nitrogens with one attached hydrogen (secondary N) is 1. The van der Waals surface area contributed by atoms with Gasteiger partial charge in [-0.1, -0.05) is 36.9 Å². The first-order valence-electron chi connectivity index (χ1n) is 12.2. The molecule has 37 heavy (non-hydrogen) atoms. The molecule has 0 unspecified atom stereocenters. The van der Waals surface area contributed by atoms with Gasteiger partial charge in [0.05, 0.1) is 17.6 Å². The van der Waals surface area contributed by atoms with Crippen LogP contribution >= 0.6 is 11.3 Å². The maximum atomic E-state index is 13.2. The van der Waals surface area contributed by atoms with Gasteiger partial charge in [0, 0.05) is 47.1 Å². The van der Waals surface area contributed by atoms with Crippen molar-refractivity contribution in [3.63, 3.8) is 0 Å². The van der Waals surface area contributed by atoms with Gasteiger partial charge in [0.25, 0.3) is 11.8 Å². The number of allylic oxidation sites excluding steroid dienone is 1. The first kappa shape index (κ1) is 24.6. The van der Waals surface area contributed by atoms with E-state index in [1.807, 2.05) is 60.4 Å². The quantitative estimate of drug-likeness (QED) is 0.342. The molecule has 0 atom stereocenters. The van der Waals surface area contributed by atoms with E-state index >= 15 is 0 Å². The van der Waals surface area contributed by atoms with Crippen LogP contribution in [0, 0.1) is 0 Å². The smallest absolute Gasteiger partial charge is 0.275 e. The molecule has 8 heteroatoms. The predicted octanol–water partition coefficient (Wildman–Crippen LogP) is 6.01. The highest BCUT2D eigenvalue weighted by molar-refractivity contribution is 7.10. The van der Waals surface area contributed by atoms with Gasteiger partial charge in [-0.05, 0) is 43.5 Å². The van der Waals surface area contributed by atoms with E-state index in [2.05, 4.69) is 21.9 Å². The van der Waals surface area contributed by atoms with Crippen LogP contribution in [0.1, 0.15) is 57.2 Å². The van der Waals surface area contributed by atoms with Crippen molar-refractivity contribution in [1.82, 2.24) is 14.9 Å². The number of carbonyl (C=O) groups is 2. The minimum absolute atomic E-state index is 0.0992. The Morgan fingerprint density at radius 1 is 1.05 bits per heavy atom. The van der Waals surface area contributed by atoms with E-state index in [-0.39, 0.29) is 17.7 Å². The number of anilines is 1. The highest BCUT2D eigenvalue weighted by atomic mass is 32.1. The number of aromatic nitrogens is 2. The standard InChI is InChI=1S/C29H28N4O3S/c1-18(2)20-8-4-6-10-22(20)31-27(34)25-17-37-28(32-25)19-12-14-33(15-13-19)29(35)24-16-26(36-3)21-9-5-7-11-23(21)30-24/h4-11,16-17,19H,1,12-15H2,2-3H3,(H,31,34). The SMILES string of the molecule is C=C(C)c1ccccc1NC(=O)c1csc(C2CCN(C(=O)c3cc(OC)c4ccccc4n3)CC2)n1. The first-order valence-corrected chi connectivity index (χ1v) is 13.1. The minimum atomic E-state index is -0.236. The third-order valence-electron chi connectivity index (χ3n) is 6.64. The Balaban J connectivity index is 1.24. The number of methoxy groups -OCH3 is 1. The Morgan fingerprint density at radius 3 is 2.54 bits per heavy atom. The number of carbonyl (C=O) groups excluding carboxylic acids is 2. The number of piperidine rings is 1. The molecule has 4 aromatic rings. The molecule has 0 saturated carbocycles. The number of rotatable bonds is 6. The number of nitrogens with zero attached hydrogens (tertiary/aromatic N) is 3. The van der Waals surface area contributed by atoms with Crippen LogP contribution in [0.25, 0.3) is 16.5 Å². The number of thiazole rings is 1. The Bertz CT molecular complexity index is 1490. The average Bonchev–Trinajstić information content (AvgIpc) is 3.43. The lowest BCUT2D eigenvalue weighted by molar-refractivity contribution is 0.0707. The second-order valence-electron chi connectivity index (χ2n) is 9.14. The van der Waals surface area contributed by atoms with Gasteiger partial charge < -0.3 is 15.0 Å². The maximum absolute atomic E-state index is 13.2. The summed E-state index contributed by atoms with van der Waals surface area (Å²) in [7, 11) is 1.60. The lowest BCUT2D eigenvalue weighted by atomic mass is 9.97. The number of likely N-dealkylation sites (tertiary alicyclic amines) is 1. The summed E-state index contributed by atoms with van der Waals surface area (Å²) in [6, 6.07) is 17.0. The van der Waals surface area contributed by atoms with Gasteiger partial charge in [-0.25, -0.2) is 9.97 Å². The highest BCUT2D eigenvalue weighted by Gasteiger charge is 2.28. The number of benzene rings is 2. The van der Waals surface area contributed by atoms with E-state index in [9.17, 15) is 9.59 Å². The number of amides is 2. The van der Waals surface area contributed by atoms with Crippen LogP contribution < -0.4 is 10.1 Å². The Labute approximate surface area is 219 Å². The summed E-state index contributed by atoms with van der Waals surface area (Å²) in [6.07, 6.45) is 1.56. The molecule has 1 N–H and O–H groups in total. The zero-order chi connectivity index (χ0) is 25.9. The Hall–Kier alpha value is -4.04. The molecule has 1 aliphatic rings. The van der Waals surface area contributed by atoms with Crippen molar-refractivity contribution in [3.8, 4) is 5.75 Å². The predicted molar refractivity (Wildman–Crippen MR) is 147 cm³/mol. The molecule has 0 bridgehead atoms. The number of ether oxygens (including phenoxy) is 1. The number of hydrogen-bond acceptors (Lipinski definition) is 6. The van der Waals surface area contributed by atoms with Crippen molar-refractivity contribution in [2.24, 2.45) is 0 Å². The van der Waals surface area contributed by atoms with E-state index < -0.39 is 0 Å². The summed E-state index contributed by atoms with van der Waals surface area (Å²) in [5, 5.41) is 6.57. The second kappa shape index (κ2) is 10.5. The molecule has 5 rings (SSSR count). The van der Waals surface area contributed by atoms with Crippen LogP contribution in [0.15, 0.2) is 66.6 Å². The molecular weight excluding hydrogens is 484 g/mol. The molecule has 0 spiro atoms. The van der Waals surface area contributed by atoms with Gasteiger partial charge in [-0.15, -0.1) is 11.3 Å². The summed E-state index contributed by atoms with van der Waals surface area (Å²) in [5.74, 6) is 0.513. The van der Waals surface area contributed by atoms with Gasteiger partial charge in [-0.2, -0.15) is 0 Å². The molecule has 1 saturated heterocycles. The van der Waals surface area contributed by atoms with Gasteiger partial charge in [0.15, 0.2) is 0 Å². The summed E-state index contributed by atoms with van der Waals surface area (Å²) < 4.78 is 5.50. The van der Waals surface area contributed by atoms with Gasteiger partial charge >= 0.3 is 0 Å². The normalized spacial score (nSPS) is 13.9. The monoisotopic (exact) mass is 512 g/mol. The van der Waals surface area contributed by atoms with Crippen LogP contribution in [0.3, 0.4) is 0 Å². The zero-order valence-corrected chi connectivity index (χ0v) is 21.7. The summed E-state index contributed by atoms with van der Waals surface area (Å²) >= 11 is 1.50. The number of fused-ring (bicyclic) bond motifs is 1. The molecule has 2 amide bonds. The van der Waals surface area contributed by atoms with E-state index in [1.54, 1.807) is 18.6 Å². The lowest BCUT2D eigenvalue weighted by Crippen LogP contribution is -2.38. The third-order valence-corrected chi connectivity index (χ3v) is 7.65. The van der Waals surface area contributed by atoms with Crippen molar-refractivity contribution < 1.29 is 14.3 Å². The average molecular weight is 513 g/mol. The van der Waals surface area contributed by atoms with Crippen molar-refractivity contribution in [2.75, 3.05) is 25.5 Å². The van der Waals surface area contributed by atoms with Gasteiger partial charge in [0.2, 0.25) is 0 Å². The van der Waals surface area contributed by atoms with Crippen LogP contribution in [0.4, 0.5) is 5.69 Å². The Morgan fingerprint density at radius 2 is 1.78 bits per heavy atom. The van der Waals surface area contributed by atoms with Gasteiger partial charge in [-0.3, -0.25) is 9.59 Å². The Kier molecular flexibility index (Phi) is 7.01. The fraction of sp³-hybridized carbons (Fsp3) is 0.241. The van der Waals surface area contributed by atoms with Crippen molar-refractivity contribution >= 4 is 45.3 Å². The lowest BCUT2D eigenvalue weighted by Gasteiger charge is -2.31. The molecular formula is C29H28N4O3S. The zero-order valence-electron chi connectivity index (χ0n) is 20.9. The van der Waals surface area contributed by atoms with Crippen molar-refractivity contribution in [2.45, 2.75) is 25.7 Å². The molecule has 1 aliphatic heterocycles. The second-order valence-corrected chi connectivity index (χ2v) is 10.0. The van der Waals surface area contributed by atoms with Crippen LogP contribution in [0.2, 0.25) is 0 Å². The van der Waals surface area contributed by atoms with E-state index in [1.165, 1.54) is 11.3 Å². The molecule has 1 fully saturated rings. The van der Waals surface area contributed by atoms with Crippen LogP contribution in [-0.4, -0.2) is 46.9 Å². The fourth-order valence-electron chi connectivity index (χ4n) is 4.64. The van der Waals surface area contributed by atoms with Crippen molar-refractivity contribution in [3.05, 3.63) is 88.5 Å². The molecule has 0 aliphatic carbocycles. The van der Waals surface area contributed by atoms with Gasteiger partial charge in [0.1, 0.15) is 17.1 Å². The maximum Gasteiger partial charge on any atom is 0.275 e.